The zero-order chi connectivity index (χ0) is 11.4. The van der Waals surface area contributed by atoms with Crippen molar-refractivity contribution in [3.63, 3.8) is 0 Å². The minimum atomic E-state index is -0.108. The molecule has 4 nitrogen and oxygen atoms in total. The zero-order valence-electron chi connectivity index (χ0n) is 9.03. The number of anilines is 1. The zero-order valence-corrected chi connectivity index (χ0v) is 10.7. The van der Waals surface area contributed by atoms with Crippen molar-refractivity contribution < 1.29 is 4.79 Å². The molecular formula is C9H15N3OS2. The van der Waals surface area contributed by atoms with Crippen molar-refractivity contribution in [3.05, 3.63) is 5.69 Å². The van der Waals surface area contributed by atoms with Gasteiger partial charge in [-0.3, -0.25) is 4.79 Å². The molecule has 0 aliphatic carbocycles. The first kappa shape index (κ1) is 12.3. The van der Waals surface area contributed by atoms with Gasteiger partial charge in [0.15, 0.2) is 5.13 Å². The van der Waals surface area contributed by atoms with Gasteiger partial charge in [0.1, 0.15) is 0 Å². The van der Waals surface area contributed by atoms with Crippen LogP contribution in [0, 0.1) is 6.92 Å². The van der Waals surface area contributed by atoms with E-state index in [1.807, 2.05) is 20.8 Å². The van der Waals surface area contributed by atoms with E-state index in [9.17, 15) is 4.79 Å². The molecule has 1 amide bonds. The molecule has 1 unspecified atom stereocenters. The molecule has 15 heavy (non-hydrogen) atoms. The van der Waals surface area contributed by atoms with Gasteiger partial charge in [-0.15, -0.1) is 11.8 Å². The van der Waals surface area contributed by atoms with Crippen molar-refractivity contribution in [2.45, 2.75) is 30.2 Å². The largest absolute Gasteiger partial charge is 0.375 e. The Balaban J connectivity index is 2.61. The Morgan fingerprint density at radius 3 is 2.87 bits per heavy atom. The van der Waals surface area contributed by atoms with Crippen LogP contribution < -0.4 is 11.1 Å². The maximum absolute atomic E-state index is 11.5. The van der Waals surface area contributed by atoms with Crippen molar-refractivity contribution in [2.75, 3.05) is 12.3 Å². The number of carbonyl (C=O) groups excluding carboxylic acids is 1. The van der Waals surface area contributed by atoms with Crippen LogP contribution in [-0.2, 0) is 4.79 Å². The number of amides is 1. The number of aryl methyl sites for hydroxylation is 1. The monoisotopic (exact) mass is 245 g/mol. The van der Waals surface area contributed by atoms with E-state index < -0.39 is 0 Å². The molecule has 0 saturated carbocycles. The Kier molecular flexibility index (Phi) is 4.41. The number of nitrogens with one attached hydrogen (secondary N) is 1. The summed E-state index contributed by atoms with van der Waals surface area (Å²) < 4.78 is 1.02. The normalized spacial score (nSPS) is 12.5. The highest BCUT2D eigenvalue weighted by Gasteiger charge is 2.16. The number of rotatable bonds is 4. The predicted octanol–water partition coefficient (Wildman–Crippen LogP) is 1.65. The number of carbonyl (C=O) groups is 1. The Morgan fingerprint density at radius 2 is 2.40 bits per heavy atom. The summed E-state index contributed by atoms with van der Waals surface area (Å²) in [5.41, 5.74) is 6.48. The second kappa shape index (κ2) is 5.37. The average Bonchev–Trinajstić information content (AvgIpc) is 2.45. The standard InChI is InChI=1S/C9H15N3OS2/c1-4-11-7(13)6(3)14-8-5(2)12-9(10)15-8/h6H,4H2,1-3H3,(H2,10,12)(H,11,13). The Hall–Kier alpha value is -0.750. The van der Waals surface area contributed by atoms with Crippen LogP contribution in [0.2, 0.25) is 0 Å². The summed E-state index contributed by atoms with van der Waals surface area (Å²) in [6.45, 7) is 6.35. The SMILES string of the molecule is CCNC(=O)C(C)Sc1sc(N)nc1C. The molecule has 0 spiro atoms. The van der Waals surface area contributed by atoms with E-state index in [4.69, 9.17) is 5.73 Å². The van der Waals surface area contributed by atoms with Gasteiger partial charge in [-0.05, 0) is 20.8 Å². The fourth-order valence-corrected chi connectivity index (χ4v) is 3.22. The van der Waals surface area contributed by atoms with E-state index in [0.717, 1.165) is 9.90 Å². The maximum atomic E-state index is 11.5. The Morgan fingerprint density at radius 1 is 1.73 bits per heavy atom. The molecule has 3 N–H and O–H groups in total. The number of hydrogen-bond acceptors (Lipinski definition) is 5. The van der Waals surface area contributed by atoms with Crippen LogP contribution in [-0.4, -0.2) is 22.7 Å². The molecule has 0 aliphatic rings. The van der Waals surface area contributed by atoms with Crippen LogP contribution in [0.4, 0.5) is 5.13 Å². The van der Waals surface area contributed by atoms with E-state index in [2.05, 4.69) is 10.3 Å². The van der Waals surface area contributed by atoms with Gasteiger partial charge in [0, 0.05) is 6.54 Å². The van der Waals surface area contributed by atoms with Crippen molar-refractivity contribution in [1.29, 1.82) is 0 Å². The minimum Gasteiger partial charge on any atom is -0.375 e. The summed E-state index contributed by atoms with van der Waals surface area (Å²) >= 11 is 2.93. The third-order valence-electron chi connectivity index (χ3n) is 1.77. The first-order valence-corrected chi connectivity index (χ1v) is 6.41. The van der Waals surface area contributed by atoms with Gasteiger partial charge in [0.2, 0.25) is 5.91 Å². The summed E-state index contributed by atoms with van der Waals surface area (Å²) in [4.78, 5) is 15.6. The van der Waals surface area contributed by atoms with Gasteiger partial charge in [-0.2, -0.15) is 0 Å². The van der Waals surface area contributed by atoms with Crippen LogP contribution in [0.25, 0.3) is 0 Å². The van der Waals surface area contributed by atoms with Crippen LogP contribution in [0.3, 0.4) is 0 Å². The lowest BCUT2D eigenvalue weighted by molar-refractivity contribution is -0.120. The molecule has 6 heteroatoms. The molecule has 1 rings (SSSR count). The summed E-state index contributed by atoms with van der Waals surface area (Å²) in [5, 5.41) is 3.23. The number of aromatic nitrogens is 1. The number of thiazole rings is 1. The first-order valence-electron chi connectivity index (χ1n) is 4.71. The number of thioether (sulfide) groups is 1. The van der Waals surface area contributed by atoms with E-state index in [-0.39, 0.29) is 11.2 Å². The maximum Gasteiger partial charge on any atom is 0.233 e. The number of nitrogens with zero attached hydrogens (tertiary/aromatic N) is 1. The van der Waals surface area contributed by atoms with E-state index >= 15 is 0 Å². The number of nitrogen functional groups attached to an aromatic ring is 1. The van der Waals surface area contributed by atoms with Crippen LogP contribution in [0.1, 0.15) is 19.5 Å². The molecule has 0 aliphatic heterocycles. The van der Waals surface area contributed by atoms with Gasteiger partial charge in [0.25, 0.3) is 0 Å². The summed E-state index contributed by atoms with van der Waals surface area (Å²) in [5.74, 6) is 0.0499. The molecular weight excluding hydrogens is 230 g/mol. The van der Waals surface area contributed by atoms with Crippen LogP contribution in [0.15, 0.2) is 4.21 Å². The molecule has 0 bridgehead atoms. The second-order valence-electron chi connectivity index (χ2n) is 3.08. The average molecular weight is 245 g/mol. The van der Waals surface area contributed by atoms with Crippen LogP contribution >= 0.6 is 23.1 Å². The van der Waals surface area contributed by atoms with Crippen molar-refractivity contribution >= 4 is 34.1 Å². The predicted molar refractivity (Wildman–Crippen MR) is 65.3 cm³/mol. The fourth-order valence-electron chi connectivity index (χ4n) is 1.04. The molecule has 0 radical (unpaired) electrons. The lowest BCUT2D eigenvalue weighted by Crippen LogP contribution is -2.30. The van der Waals surface area contributed by atoms with Gasteiger partial charge in [-0.1, -0.05) is 11.3 Å². The Labute approximate surface area is 97.7 Å². The third kappa shape index (κ3) is 3.39. The summed E-state index contributed by atoms with van der Waals surface area (Å²) in [6, 6.07) is 0. The molecule has 1 atom stereocenters. The van der Waals surface area contributed by atoms with Gasteiger partial charge >= 0.3 is 0 Å². The highest BCUT2D eigenvalue weighted by Crippen LogP contribution is 2.33. The molecule has 0 aromatic carbocycles. The molecule has 84 valence electrons. The summed E-state index contributed by atoms with van der Waals surface area (Å²) in [7, 11) is 0. The molecule has 1 aromatic rings. The van der Waals surface area contributed by atoms with Gasteiger partial charge in [-0.25, -0.2) is 4.98 Å². The lowest BCUT2D eigenvalue weighted by Gasteiger charge is -2.09. The van der Waals surface area contributed by atoms with Gasteiger partial charge < -0.3 is 11.1 Å². The number of hydrogen-bond donors (Lipinski definition) is 2. The molecule has 0 fully saturated rings. The fraction of sp³-hybridized carbons (Fsp3) is 0.556. The smallest absolute Gasteiger partial charge is 0.233 e. The molecule has 1 heterocycles. The van der Waals surface area contributed by atoms with Crippen molar-refractivity contribution in [2.24, 2.45) is 0 Å². The number of nitrogens with two attached hydrogens (primary N) is 1. The van der Waals surface area contributed by atoms with Crippen molar-refractivity contribution in [3.8, 4) is 0 Å². The highest BCUT2D eigenvalue weighted by atomic mass is 32.2. The van der Waals surface area contributed by atoms with E-state index in [1.54, 1.807) is 0 Å². The quantitative estimate of drug-likeness (QED) is 0.791. The molecule has 0 saturated heterocycles. The van der Waals surface area contributed by atoms with E-state index in [0.29, 0.717) is 11.7 Å². The first-order chi connectivity index (χ1) is 7.04. The third-order valence-corrected chi connectivity index (χ3v) is 4.17. The summed E-state index contributed by atoms with van der Waals surface area (Å²) in [6.07, 6.45) is 0. The second-order valence-corrected chi connectivity index (χ2v) is 5.72. The minimum absolute atomic E-state index is 0.0499. The van der Waals surface area contributed by atoms with Crippen LogP contribution in [0.5, 0.6) is 0 Å². The van der Waals surface area contributed by atoms with Gasteiger partial charge in [0.05, 0.1) is 15.2 Å². The lowest BCUT2D eigenvalue weighted by atomic mass is 10.4. The Bertz CT molecular complexity index is 351. The van der Waals surface area contributed by atoms with E-state index in [1.165, 1.54) is 23.1 Å². The molecule has 1 aromatic heterocycles. The topological polar surface area (TPSA) is 68.0 Å². The highest BCUT2D eigenvalue weighted by molar-refractivity contribution is 8.02. The van der Waals surface area contributed by atoms with Crippen molar-refractivity contribution in [1.82, 2.24) is 10.3 Å².